The number of aromatic nitrogens is 3. The van der Waals surface area contributed by atoms with Crippen molar-refractivity contribution in [2.45, 2.75) is 45.2 Å². The van der Waals surface area contributed by atoms with E-state index in [1.165, 1.54) is 0 Å². The van der Waals surface area contributed by atoms with Crippen molar-refractivity contribution in [3.05, 3.63) is 12.2 Å². The van der Waals surface area contributed by atoms with Crippen LogP contribution in [0.5, 0.6) is 0 Å². The monoisotopic (exact) mass is 246 g/mol. The molecule has 0 fully saturated rings. The average Bonchev–Trinajstić information content (AvgIpc) is 2.83. The van der Waals surface area contributed by atoms with E-state index in [0.29, 0.717) is 0 Å². The largest absolute Gasteiger partial charge is 0.300 e. The highest BCUT2D eigenvalue weighted by Gasteiger charge is 2.21. The molecule has 0 bridgehead atoms. The van der Waals surface area contributed by atoms with Gasteiger partial charge in [-0.05, 0) is 32.7 Å². The minimum atomic E-state index is -0.449. The lowest BCUT2D eigenvalue weighted by Crippen LogP contribution is -2.40. The molecule has 0 saturated carbocycles. The van der Waals surface area contributed by atoms with Crippen LogP contribution in [-0.2, 0) is 6.54 Å². The molecule has 1 heterocycles. The number of nitriles is 2. The number of rotatable bonds is 7. The summed E-state index contributed by atoms with van der Waals surface area (Å²) < 4.78 is 1.66. The Morgan fingerprint density at radius 2 is 2.22 bits per heavy atom. The van der Waals surface area contributed by atoms with Gasteiger partial charge in [-0.3, -0.25) is 10.00 Å². The van der Waals surface area contributed by atoms with Crippen molar-refractivity contribution < 1.29 is 0 Å². The van der Waals surface area contributed by atoms with Crippen LogP contribution >= 0.6 is 0 Å². The maximum absolute atomic E-state index is 9.09. The van der Waals surface area contributed by atoms with Gasteiger partial charge < -0.3 is 0 Å². The summed E-state index contributed by atoms with van der Waals surface area (Å²) in [6.07, 6.45) is 4.21. The first-order valence-electron chi connectivity index (χ1n) is 6.09. The van der Waals surface area contributed by atoms with Gasteiger partial charge in [0.2, 0.25) is 0 Å². The van der Waals surface area contributed by atoms with Crippen LogP contribution in [0.25, 0.3) is 0 Å². The molecule has 6 nitrogen and oxygen atoms in total. The fourth-order valence-electron chi connectivity index (χ4n) is 1.78. The lowest BCUT2D eigenvalue weighted by atomic mass is 9.96. The van der Waals surface area contributed by atoms with E-state index < -0.39 is 5.54 Å². The van der Waals surface area contributed by atoms with Gasteiger partial charge in [0.15, 0.2) is 0 Å². The molecule has 0 aliphatic heterocycles. The Morgan fingerprint density at radius 3 is 2.78 bits per heavy atom. The third-order valence-electron chi connectivity index (χ3n) is 2.76. The van der Waals surface area contributed by atoms with Gasteiger partial charge in [-0.25, -0.2) is 4.98 Å². The smallest absolute Gasteiger partial charge is 0.252 e. The molecule has 6 heteroatoms. The maximum Gasteiger partial charge on any atom is 0.252 e. The molecule has 0 saturated heterocycles. The van der Waals surface area contributed by atoms with E-state index >= 15 is 0 Å². The molecule has 1 rings (SSSR count). The zero-order valence-corrected chi connectivity index (χ0v) is 10.8. The number of hydrogen-bond donors (Lipinski definition) is 1. The molecule has 0 aromatic carbocycles. The minimum absolute atomic E-state index is 0.199. The standard InChI is InChI=1S/C12H18N6/c1-3-16-12(2,9-14)6-4-5-7-18-10-15-11(8-13)17-18/h10,16H,3-7H2,1-2H3. The van der Waals surface area contributed by atoms with Gasteiger partial charge in [-0.2, -0.15) is 10.5 Å². The van der Waals surface area contributed by atoms with Crippen LogP contribution in [0.2, 0.25) is 0 Å². The van der Waals surface area contributed by atoms with Crippen LogP contribution in [0.1, 0.15) is 38.9 Å². The number of hydrogen-bond acceptors (Lipinski definition) is 5. The van der Waals surface area contributed by atoms with Gasteiger partial charge in [0.25, 0.3) is 5.82 Å². The summed E-state index contributed by atoms with van der Waals surface area (Å²) in [6, 6.07) is 4.19. The molecule has 1 aromatic rings. The molecular formula is C12H18N6. The van der Waals surface area contributed by atoms with Crippen molar-refractivity contribution in [3.63, 3.8) is 0 Å². The van der Waals surface area contributed by atoms with Crippen molar-refractivity contribution in [2.24, 2.45) is 0 Å². The van der Waals surface area contributed by atoms with Gasteiger partial charge in [0, 0.05) is 6.54 Å². The summed E-state index contributed by atoms with van der Waals surface area (Å²) in [5, 5.41) is 24.8. The minimum Gasteiger partial charge on any atom is -0.300 e. The summed E-state index contributed by atoms with van der Waals surface area (Å²) in [6.45, 7) is 5.43. The topological polar surface area (TPSA) is 90.3 Å². The average molecular weight is 246 g/mol. The Balaban J connectivity index is 2.30. The first-order chi connectivity index (χ1) is 8.63. The summed E-state index contributed by atoms with van der Waals surface area (Å²) >= 11 is 0. The van der Waals surface area contributed by atoms with Crippen molar-refractivity contribution in [3.8, 4) is 12.1 Å². The Hall–Kier alpha value is -1.92. The molecule has 0 amide bonds. The fourth-order valence-corrected chi connectivity index (χ4v) is 1.78. The second-order valence-electron chi connectivity index (χ2n) is 4.37. The normalized spacial score (nSPS) is 13.6. The van der Waals surface area contributed by atoms with Crippen molar-refractivity contribution in [1.29, 1.82) is 10.5 Å². The predicted octanol–water partition coefficient (Wildman–Crippen LogP) is 1.21. The molecule has 1 unspecified atom stereocenters. The van der Waals surface area contributed by atoms with Gasteiger partial charge in [0.1, 0.15) is 17.9 Å². The molecule has 1 atom stereocenters. The molecule has 0 spiro atoms. The predicted molar refractivity (Wildman–Crippen MR) is 66.3 cm³/mol. The third-order valence-corrected chi connectivity index (χ3v) is 2.76. The highest BCUT2D eigenvalue weighted by Crippen LogP contribution is 2.13. The number of nitrogens with zero attached hydrogens (tertiary/aromatic N) is 5. The van der Waals surface area contributed by atoms with Crippen LogP contribution in [-0.4, -0.2) is 26.8 Å². The van der Waals surface area contributed by atoms with E-state index in [1.807, 2.05) is 19.9 Å². The van der Waals surface area contributed by atoms with E-state index in [0.717, 1.165) is 32.4 Å². The van der Waals surface area contributed by atoms with E-state index in [9.17, 15) is 0 Å². The van der Waals surface area contributed by atoms with Gasteiger partial charge in [-0.1, -0.05) is 6.92 Å². The number of aryl methyl sites for hydroxylation is 1. The summed E-state index contributed by atoms with van der Waals surface area (Å²) in [7, 11) is 0. The second kappa shape index (κ2) is 6.73. The van der Waals surface area contributed by atoms with Crippen molar-refractivity contribution in [1.82, 2.24) is 20.1 Å². The van der Waals surface area contributed by atoms with Crippen LogP contribution in [0.4, 0.5) is 0 Å². The Labute approximate surface area is 107 Å². The van der Waals surface area contributed by atoms with E-state index in [2.05, 4.69) is 21.5 Å². The van der Waals surface area contributed by atoms with Crippen LogP contribution < -0.4 is 5.32 Å². The highest BCUT2D eigenvalue weighted by molar-refractivity contribution is 5.05. The van der Waals surface area contributed by atoms with Crippen LogP contribution in [0, 0.1) is 22.7 Å². The van der Waals surface area contributed by atoms with Crippen LogP contribution in [0.3, 0.4) is 0 Å². The Bertz CT molecular complexity index is 452. The van der Waals surface area contributed by atoms with Crippen molar-refractivity contribution >= 4 is 0 Å². The molecule has 18 heavy (non-hydrogen) atoms. The zero-order valence-electron chi connectivity index (χ0n) is 10.8. The quantitative estimate of drug-likeness (QED) is 0.730. The molecule has 1 N–H and O–H groups in total. The van der Waals surface area contributed by atoms with E-state index in [-0.39, 0.29) is 5.82 Å². The first-order valence-corrected chi connectivity index (χ1v) is 6.09. The van der Waals surface area contributed by atoms with Gasteiger partial charge in [0.05, 0.1) is 6.07 Å². The lowest BCUT2D eigenvalue weighted by molar-refractivity contribution is 0.400. The first kappa shape index (κ1) is 14.1. The number of nitrogens with one attached hydrogen (secondary N) is 1. The summed E-state index contributed by atoms with van der Waals surface area (Å²) in [5.74, 6) is 0.199. The zero-order chi connectivity index (χ0) is 13.4. The Kier molecular flexibility index (Phi) is 5.29. The molecule has 0 aliphatic carbocycles. The SMILES string of the molecule is CCNC(C)(C#N)CCCCn1cnc(C#N)n1. The molecular weight excluding hydrogens is 228 g/mol. The second-order valence-corrected chi connectivity index (χ2v) is 4.37. The molecule has 0 radical (unpaired) electrons. The number of unbranched alkanes of at least 4 members (excludes halogenated alkanes) is 1. The molecule has 96 valence electrons. The highest BCUT2D eigenvalue weighted by atomic mass is 15.3. The van der Waals surface area contributed by atoms with Gasteiger partial charge >= 0.3 is 0 Å². The summed E-state index contributed by atoms with van der Waals surface area (Å²) in [5.41, 5.74) is -0.449. The van der Waals surface area contributed by atoms with Crippen molar-refractivity contribution in [2.75, 3.05) is 6.54 Å². The molecule has 0 aliphatic rings. The van der Waals surface area contributed by atoms with Crippen LogP contribution in [0.15, 0.2) is 6.33 Å². The van der Waals surface area contributed by atoms with E-state index in [4.69, 9.17) is 10.5 Å². The third kappa shape index (κ3) is 4.15. The Morgan fingerprint density at radius 1 is 1.44 bits per heavy atom. The summed E-state index contributed by atoms with van der Waals surface area (Å²) in [4.78, 5) is 3.83. The fraction of sp³-hybridized carbons (Fsp3) is 0.667. The lowest BCUT2D eigenvalue weighted by Gasteiger charge is -2.22. The molecule has 1 aromatic heterocycles. The maximum atomic E-state index is 9.09. The van der Waals surface area contributed by atoms with E-state index in [1.54, 1.807) is 11.0 Å². The van der Waals surface area contributed by atoms with Gasteiger partial charge in [-0.15, -0.1) is 5.10 Å².